The van der Waals surface area contributed by atoms with Gasteiger partial charge in [0.15, 0.2) is 23.3 Å². The van der Waals surface area contributed by atoms with Crippen molar-refractivity contribution in [3.05, 3.63) is 71.3 Å². The Morgan fingerprint density at radius 1 is 1.14 bits per heavy atom. The molecule has 0 unspecified atom stereocenters. The Morgan fingerprint density at radius 3 is 2.45 bits per heavy atom. The Morgan fingerprint density at radius 2 is 1.83 bits per heavy atom. The van der Waals surface area contributed by atoms with Crippen molar-refractivity contribution in [3.63, 3.8) is 0 Å². The molecule has 0 saturated carbocycles. The van der Waals surface area contributed by atoms with Crippen molar-refractivity contribution in [2.75, 3.05) is 6.67 Å². The van der Waals surface area contributed by atoms with Gasteiger partial charge in [0.05, 0.1) is 0 Å². The maximum Gasteiger partial charge on any atom is 0.411 e. The Balaban J connectivity index is 2.01. The van der Waals surface area contributed by atoms with E-state index in [4.69, 9.17) is 4.74 Å². The third-order valence-electron chi connectivity index (χ3n) is 4.38. The van der Waals surface area contributed by atoms with E-state index < -0.39 is 60.0 Å². The lowest BCUT2D eigenvalue weighted by molar-refractivity contribution is -0.167. The predicted molar refractivity (Wildman–Crippen MR) is 90.9 cm³/mol. The zero-order valence-electron chi connectivity index (χ0n) is 14.6. The normalized spacial score (nSPS) is 21.9. The number of amidine groups is 1. The van der Waals surface area contributed by atoms with E-state index in [1.165, 1.54) is 24.3 Å². The summed E-state index contributed by atoms with van der Waals surface area (Å²) in [5.74, 6) is -3.78. The maximum absolute atomic E-state index is 14.3. The van der Waals surface area contributed by atoms with E-state index in [1.54, 1.807) is 6.07 Å². The van der Waals surface area contributed by atoms with Gasteiger partial charge in [-0.1, -0.05) is 30.3 Å². The topological polar surface area (TPSA) is 50.7 Å². The van der Waals surface area contributed by atoms with Crippen molar-refractivity contribution in [1.29, 1.82) is 0 Å². The van der Waals surface area contributed by atoms with Crippen molar-refractivity contribution in [2.45, 2.75) is 24.2 Å². The number of halogens is 6. The van der Waals surface area contributed by atoms with Crippen LogP contribution < -0.4 is 5.32 Å². The summed E-state index contributed by atoms with van der Waals surface area (Å²) in [5, 5.41) is 2.04. The second-order valence-electron chi connectivity index (χ2n) is 6.35. The summed E-state index contributed by atoms with van der Waals surface area (Å²) in [6.45, 7) is -1.61. The molecule has 4 nitrogen and oxygen atoms in total. The van der Waals surface area contributed by atoms with Crippen LogP contribution in [0.15, 0.2) is 53.5 Å². The first-order valence-corrected chi connectivity index (χ1v) is 8.37. The van der Waals surface area contributed by atoms with Crippen molar-refractivity contribution in [2.24, 2.45) is 4.99 Å². The van der Waals surface area contributed by atoms with Gasteiger partial charge >= 0.3 is 6.18 Å². The Bertz CT molecular complexity index is 932. The summed E-state index contributed by atoms with van der Waals surface area (Å²) in [6, 6.07) is 6.67. The molecule has 29 heavy (non-hydrogen) atoms. The average Bonchev–Trinajstić information content (AvgIpc) is 2.69. The van der Waals surface area contributed by atoms with Gasteiger partial charge in [0.25, 0.3) is 11.9 Å². The molecule has 1 aliphatic heterocycles. The first-order valence-electron chi connectivity index (χ1n) is 8.37. The number of aliphatic imine (C=N–C) groups is 1. The van der Waals surface area contributed by atoms with E-state index in [2.05, 4.69) is 4.99 Å². The number of ether oxygens (including phenoxy) is 1. The molecule has 1 N–H and O–H groups in total. The maximum atomic E-state index is 14.3. The number of hydrogen-bond acceptors (Lipinski definition) is 3. The molecule has 154 valence electrons. The zero-order valence-corrected chi connectivity index (χ0v) is 14.6. The van der Waals surface area contributed by atoms with Crippen LogP contribution in [0.25, 0.3) is 0 Å². The smallest absolute Gasteiger partial charge is 0.411 e. The highest BCUT2D eigenvalue weighted by molar-refractivity contribution is 6.04. The predicted octanol–water partition coefficient (Wildman–Crippen LogP) is 4.27. The largest absolute Gasteiger partial charge is 0.450 e. The molecule has 1 aliphatic rings. The van der Waals surface area contributed by atoms with Crippen molar-refractivity contribution < 1.29 is 35.9 Å². The number of carbonyl (C=O) groups excluding carboxylic acids is 1. The van der Waals surface area contributed by atoms with Crippen molar-refractivity contribution >= 4 is 11.9 Å². The number of benzene rings is 2. The third-order valence-corrected chi connectivity index (χ3v) is 4.38. The number of carbonyl (C=O) groups is 1. The van der Waals surface area contributed by atoms with Crippen LogP contribution in [-0.2, 0) is 10.3 Å². The molecule has 2 aromatic rings. The summed E-state index contributed by atoms with van der Waals surface area (Å²) < 4.78 is 87.2. The van der Waals surface area contributed by atoms with Gasteiger partial charge in [0, 0.05) is 17.5 Å². The van der Waals surface area contributed by atoms with Crippen LogP contribution in [0.3, 0.4) is 0 Å². The van der Waals surface area contributed by atoms with Gasteiger partial charge < -0.3 is 4.74 Å². The van der Waals surface area contributed by atoms with E-state index in [9.17, 15) is 31.1 Å². The van der Waals surface area contributed by atoms with Crippen molar-refractivity contribution in [1.82, 2.24) is 5.32 Å². The summed E-state index contributed by atoms with van der Waals surface area (Å²) in [7, 11) is 0. The van der Waals surface area contributed by atoms with Gasteiger partial charge in [0.1, 0.15) is 6.67 Å². The number of rotatable bonds is 3. The Kier molecular flexibility index (Phi) is 5.54. The minimum absolute atomic E-state index is 0.0794. The molecule has 0 spiro atoms. The number of nitrogens with one attached hydrogen (secondary N) is 1. The molecular weight excluding hydrogens is 402 g/mol. The van der Waals surface area contributed by atoms with E-state index in [0.717, 1.165) is 18.2 Å². The average molecular weight is 416 g/mol. The van der Waals surface area contributed by atoms with Crippen LogP contribution >= 0.6 is 0 Å². The van der Waals surface area contributed by atoms with Gasteiger partial charge in [0.2, 0.25) is 0 Å². The standard InChI is InChI=1S/C19H14F6N2O2/c20-10-18(12-7-4-8-13(21)15(12)22)9-14(19(23,24)25)26-17(29-18)27-16(28)11-5-2-1-3-6-11/h1-8,14H,9-10H2,(H,26,27,28)/t14-,18+/m0/s1. The first-order chi connectivity index (χ1) is 13.7. The van der Waals surface area contributed by atoms with Crippen LogP contribution in [-0.4, -0.2) is 30.8 Å². The second-order valence-corrected chi connectivity index (χ2v) is 6.35. The minimum atomic E-state index is -4.93. The number of hydrogen-bond donors (Lipinski definition) is 1. The monoisotopic (exact) mass is 416 g/mol. The molecule has 0 aliphatic carbocycles. The Hall–Kier alpha value is -3.04. The minimum Gasteiger partial charge on any atom is -0.450 e. The lowest BCUT2D eigenvalue weighted by Gasteiger charge is -2.38. The molecule has 0 aromatic heterocycles. The fourth-order valence-corrected chi connectivity index (χ4v) is 2.93. The Labute approximate surface area is 161 Å². The molecule has 0 saturated heterocycles. The fraction of sp³-hybridized carbons (Fsp3) is 0.263. The molecule has 10 heteroatoms. The van der Waals surface area contributed by atoms with E-state index in [1.807, 2.05) is 5.32 Å². The van der Waals surface area contributed by atoms with Crippen LogP contribution in [0.2, 0.25) is 0 Å². The highest BCUT2D eigenvalue weighted by Crippen LogP contribution is 2.41. The van der Waals surface area contributed by atoms with Crippen LogP contribution in [0.1, 0.15) is 22.3 Å². The highest BCUT2D eigenvalue weighted by Gasteiger charge is 2.52. The molecule has 3 rings (SSSR count). The summed E-state index contributed by atoms with van der Waals surface area (Å²) >= 11 is 0. The van der Waals surface area contributed by atoms with Gasteiger partial charge in [-0.25, -0.2) is 18.2 Å². The fourth-order valence-electron chi connectivity index (χ4n) is 2.93. The van der Waals surface area contributed by atoms with Gasteiger partial charge in [-0.05, 0) is 18.2 Å². The van der Waals surface area contributed by atoms with E-state index in [0.29, 0.717) is 0 Å². The van der Waals surface area contributed by atoms with Gasteiger partial charge in [-0.2, -0.15) is 13.2 Å². The zero-order chi connectivity index (χ0) is 21.2. The SMILES string of the molecule is O=C(NC1=N[C@H](C(F)(F)F)C[C@@](CF)(c2cccc(F)c2F)O1)c1ccccc1. The van der Waals surface area contributed by atoms with Crippen LogP contribution in [0.5, 0.6) is 0 Å². The molecule has 2 atom stereocenters. The molecule has 0 radical (unpaired) electrons. The number of alkyl halides is 4. The molecule has 0 bridgehead atoms. The van der Waals surface area contributed by atoms with E-state index >= 15 is 0 Å². The second kappa shape index (κ2) is 7.76. The summed E-state index contributed by atoms with van der Waals surface area (Å²) in [5.41, 5.74) is -3.18. The lowest BCUT2D eigenvalue weighted by atomic mass is 9.86. The quantitative estimate of drug-likeness (QED) is 0.760. The first kappa shape index (κ1) is 20.7. The van der Waals surface area contributed by atoms with Crippen LogP contribution in [0.4, 0.5) is 26.3 Å². The summed E-state index contributed by atoms with van der Waals surface area (Å²) in [6.07, 6.45) is -6.06. The molecular formula is C19H14F6N2O2. The van der Waals surface area contributed by atoms with Gasteiger partial charge in [-0.15, -0.1) is 0 Å². The number of nitrogens with zero attached hydrogens (tertiary/aromatic N) is 1. The molecule has 1 amide bonds. The van der Waals surface area contributed by atoms with E-state index in [-0.39, 0.29) is 5.56 Å². The number of amides is 1. The molecule has 1 heterocycles. The molecule has 2 aromatic carbocycles. The van der Waals surface area contributed by atoms with Crippen molar-refractivity contribution in [3.8, 4) is 0 Å². The van der Waals surface area contributed by atoms with Gasteiger partial charge in [-0.3, -0.25) is 10.1 Å². The molecule has 0 fully saturated rings. The third kappa shape index (κ3) is 4.20. The highest BCUT2D eigenvalue weighted by atomic mass is 19.4. The lowest BCUT2D eigenvalue weighted by Crippen LogP contribution is -2.51. The summed E-state index contributed by atoms with van der Waals surface area (Å²) in [4.78, 5) is 15.5. The van der Waals surface area contributed by atoms with Crippen LogP contribution in [0, 0.1) is 11.6 Å².